The Balaban J connectivity index is 1.70. The van der Waals surface area contributed by atoms with Crippen molar-refractivity contribution in [2.75, 3.05) is 5.32 Å². The standard InChI is InChI=1S/C21H14F2N2O3/c1-25-17-11-13(7-8-18(17)28-21(25)27)14-9-15(22)19(16(23)10-14)24-20(26)12-5-3-2-4-6-12/h2-11H,1H3,(H,24,26). The van der Waals surface area contributed by atoms with Crippen molar-refractivity contribution in [3.05, 3.63) is 88.4 Å². The maximum absolute atomic E-state index is 14.5. The molecule has 0 fully saturated rings. The molecule has 1 heterocycles. The topological polar surface area (TPSA) is 64.2 Å². The van der Waals surface area contributed by atoms with Crippen molar-refractivity contribution >= 4 is 22.7 Å². The van der Waals surface area contributed by atoms with Gasteiger partial charge in [0.15, 0.2) is 5.58 Å². The monoisotopic (exact) mass is 380 g/mol. The minimum atomic E-state index is -0.902. The zero-order chi connectivity index (χ0) is 19.8. The van der Waals surface area contributed by atoms with Gasteiger partial charge >= 0.3 is 5.76 Å². The molecule has 0 aliphatic carbocycles. The molecule has 4 aromatic rings. The van der Waals surface area contributed by atoms with Crippen molar-refractivity contribution in [3.63, 3.8) is 0 Å². The van der Waals surface area contributed by atoms with Gasteiger partial charge in [0.05, 0.1) is 5.52 Å². The Bertz CT molecular complexity index is 1240. The molecule has 0 bridgehead atoms. The Kier molecular flexibility index (Phi) is 4.27. The maximum atomic E-state index is 14.5. The van der Waals surface area contributed by atoms with Gasteiger partial charge in [0.25, 0.3) is 5.91 Å². The van der Waals surface area contributed by atoms with E-state index in [0.29, 0.717) is 16.7 Å². The van der Waals surface area contributed by atoms with E-state index in [4.69, 9.17) is 4.42 Å². The summed E-state index contributed by atoms with van der Waals surface area (Å²) >= 11 is 0. The van der Waals surface area contributed by atoms with E-state index in [-0.39, 0.29) is 11.1 Å². The summed E-state index contributed by atoms with van der Waals surface area (Å²) in [6.45, 7) is 0. The molecule has 1 aromatic heterocycles. The van der Waals surface area contributed by atoms with Crippen molar-refractivity contribution in [2.24, 2.45) is 7.05 Å². The Labute approximate surface area is 157 Å². The number of hydrogen-bond acceptors (Lipinski definition) is 3. The van der Waals surface area contributed by atoms with Gasteiger partial charge in [-0.15, -0.1) is 0 Å². The molecular weight excluding hydrogens is 366 g/mol. The van der Waals surface area contributed by atoms with Crippen LogP contribution in [0.2, 0.25) is 0 Å². The summed E-state index contributed by atoms with van der Waals surface area (Å²) in [7, 11) is 1.54. The summed E-state index contributed by atoms with van der Waals surface area (Å²) < 4.78 is 35.4. The summed E-state index contributed by atoms with van der Waals surface area (Å²) in [5.74, 6) is -2.94. The Morgan fingerprint density at radius 3 is 2.32 bits per heavy atom. The predicted molar refractivity (Wildman–Crippen MR) is 101 cm³/mol. The number of oxazole rings is 1. The van der Waals surface area contributed by atoms with Crippen LogP contribution < -0.4 is 11.1 Å². The first kappa shape index (κ1) is 17.7. The number of rotatable bonds is 3. The summed E-state index contributed by atoms with van der Waals surface area (Å²) in [5.41, 5.74) is 1.42. The van der Waals surface area contributed by atoms with Crippen molar-refractivity contribution in [1.29, 1.82) is 0 Å². The van der Waals surface area contributed by atoms with Gasteiger partial charge in [0.1, 0.15) is 17.3 Å². The number of benzene rings is 3. The number of aromatic nitrogens is 1. The highest BCUT2D eigenvalue weighted by atomic mass is 19.1. The van der Waals surface area contributed by atoms with Crippen LogP contribution in [-0.4, -0.2) is 10.5 Å². The average molecular weight is 380 g/mol. The summed E-state index contributed by atoms with van der Waals surface area (Å²) in [6.07, 6.45) is 0. The van der Waals surface area contributed by atoms with E-state index in [0.717, 1.165) is 12.1 Å². The van der Waals surface area contributed by atoms with Crippen LogP contribution in [0.3, 0.4) is 0 Å². The minimum absolute atomic E-state index is 0.267. The van der Waals surface area contributed by atoms with Crippen LogP contribution in [0.1, 0.15) is 10.4 Å². The van der Waals surface area contributed by atoms with Gasteiger partial charge in [-0.05, 0) is 47.5 Å². The van der Waals surface area contributed by atoms with Crippen molar-refractivity contribution in [3.8, 4) is 11.1 Å². The van der Waals surface area contributed by atoms with E-state index in [9.17, 15) is 18.4 Å². The molecule has 0 aliphatic rings. The largest absolute Gasteiger partial charge is 0.419 e. The van der Waals surface area contributed by atoms with Crippen LogP contribution in [-0.2, 0) is 7.05 Å². The fraction of sp³-hybridized carbons (Fsp3) is 0.0476. The number of anilines is 1. The molecule has 0 unspecified atom stereocenters. The van der Waals surface area contributed by atoms with Gasteiger partial charge in [-0.2, -0.15) is 0 Å². The van der Waals surface area contributed by atoms with Gasteiger partial charge in [0, 0.05) is 12.6 Å². The fourth-order valence-electron chi connectivity index (χ4n) is 2.94. The minimum Gasteiger partial charge on any atom is -0.408 e. The average Bonchev–Trinajstić information content (AvgIpc) is 2.98. The van der Waals surface area contributed by atoms with Crippen molar-refractivity contribution in [1.82, 2.24) is 4.57 Å². The highest BCUT2D eigenvalue weighted by Gasteiger charge is 2.16. The van der Waals surface area contributed by atoms with E-state index in [1.807, 2.05) is 0 Å². The lowest BCUT2D eigenvalue weighted by atomic mass is 10.0. The number of hydrogen-bond donors (Lipinski definition) is 1. The van der Waals surface area contributed by atoms with Crippen LogP contribution in [0.4, 0.5) is 14.5 Å². The number of aryl methyl sites for hydroxylation is 1. The summed E-state index contributed by atoms with van der Waals surface area (Å²) in [5, 5.41) is 2.27. The molecule has 0 saturated carbocycles. The highest BCUT2D eigenvalue weighted by Crippen LogP contribution is 2.29. The zero-order valence-corrected chi connectivity index (χ0v) is 14.7. The lowest BCUT2D eigenvalue weighted by molar-refractivity contribution is 0.102. The van der Waals surface area contributed by atoms with E-state index in [1.165, 1.54) is 4.57 Å². The Morgan fingerprint density at radius 1 is 0.964 bits per heavy atom. The Hall–Kier alpha value is -3.74. The number of carbonyl (C=O) groups excluding carboxylic acids is 1. The molecule has 0 radical (unpaired) electrons. The second-order valence-corrected chi connectivity index (χ2v) is 6.24. The van der Waals surface area contributed by atoms with Crippen LogP contribution in [0.15, 0.2) is 69.9 Å². The van der Waals surface area contributed by atoms with Crippen LogP contribution in [0.25, 0.3) is 22.2 Å². The third-order valence-electron chi connectivity index (χ3n) is 4.44. The molecule has 4 rings (SSSR count). The number of nitrogens with zero attached hydrogens (tertiary/aromatic N) is 1. The second-order valence-electron chi connectivity index (χ2n) is 6.24. The number of fused-ring (bicyclic) bond motifs is 1. The third kappa shape index (κ3) is 3.07. The Morgan fingerprint density at radius 2 is 1.64 bits per heavy atom. The molecule has 0 atom stereocenters. The fourth-order valence-corrected chi connectivity index (χ4v) is 2.94. The lowest BCUT2D eigenvalue weighted by Crippen LogP contribution is -2.14. The zero-order valence-electron chi connectivity index (χ0n) is 14.7. The molecule has 1 N–H and O–H groups in total. The highest BCUT2D eigenvalue weighted by molar-refractivity contribution is 6.04. The molecule has 5 nitrogen and oxygen atoms in total. The van der Waals surface area contributed by atoms with E-state index < -0.39 is 29.0 Å². The van der Waals surface area contributed by atoms with E-state index >= 15 is 0 Å². The first-order valence-electron chi connectivity index (χ1n) is 8.39. The number of carbonyl (C=O) groups is 1. The maximum Gasteiger partial charge on any atom is 0.419 e. The molecule has 140 valence electrons. The molecule has 0 spiro atoms. The van der Waals surface area contributed by atoms with Gasteiger partial charge in [-0.1, -0.05) is 24.3 Å². The van der Waals surface area contributed by atoms with Crippen LogP contribution >= 0.6 is 0 Å². The lowest BCUT2D eigenvalue weighted by Gasteiger charge is -2.10. The molecule has 0 saturated heterocycles. The SMILES string of the molecule is Cn1c(=O)oc2ccc(-c3cc(F)c(NC(=O)c4ccccc4)c(F)c3)cc21. The van der Waals surface area contributed by atoms with E-state index in [2.05, 4.69) is 5.32 Å². The first-order valence-corrected chi connectivity index (χ1v) is 8.39. The third-order valence-corrected chi connectivity index (χ3v) is 4.44. The van der Waals surface area contributed by atoms with Gasteiger partial charge < -0.3 is 9.73 Å². The molecule has 1 amide bonds. The van der Waals surface area contributed by atoms with Gasteiger partial charge in [-0.3, -0.25) is 9.36 Å². The number of amides is 1. The normalized spacial score (nSPS) is 11.0. The van der Waals surface area contributed by atoms with Gasteiger partial charge in [0.2, 0.25) is 0 Å². The number of nitrogens with one attached hydrogen (secondary N) is 1. The van der Waals surface area contributed by atoms with Crippen LogP contribution in [0, 0.1) is 11.6 Å². The molecule has 28 heavy (non-hydrogen) atoms. The van der Waals surface area contributed by atoms with Crippen LogP contribution in [0.5, 0.6) is 0 Å². The summed E-state index contributed by atoms with van der Waals surface area (Å²) in [4.78, 5) is 23.8. The van der Waals surface area contributed by atoms with E-state index in [1.54, 1.807) is 55.6 Å². The first-order chi connectivity index (χ1) is 13.4. The quantitative estimate of drug-likeness (QED) is 0.575. The van der Waals surface area contributed by atoms with Crippen molar-refractivity contribution < 1.29 is 18.0 Å². The molecular formula is C21H14F2N2O3. The predicted octanol–water partition coefficient (Wildman–Crippen LogP) is 4.33. The molecule has 3 aromatic carbocycles. The molecule has 7 heteroatoms. The van der Waals surface area contributed by atoms with Crippen molar-refractivity contribution in [2.45, 2.75) is 0 Å². The summed E-state index contributed by atoms with van der Waals surface area (Å²) in [6, 6.07) is 15.2. The smallest absolute Gasteiger partial charge is 0.408 e. The second kappa shape index (κ2) is 6.77. The number of halogens is 2. The van der Waals surface area contributed by atoms with Gasteiger partial charge in [-0.25, -0.2) is 13.6 Å². The molecule has 0 aliphatic heterocycles.